The van der Waals surface area contributed by atoms with Gasteiger partial charge in [0, 0.05) is 22.5 Å². The summed E-state index contributed by atoms with van der Waals surface area (Å²) >= 11 is 0. The van der Waals surface area contributed by atoms with Crippen LogP contribution < -0.4 is 4.74 Å². The van der Waals surface area contributed by atoms with Gasteiger partial charge in [-0.3, -0.25) is 9.78 Å². The van der Waals surface area contributed by atoms with E-state index in [1.807, 2.05) is 92.0 Å². The highest BCUT2D eigenvalue weighted by Gasteiger charge is 2.16. The molecule has 0 spiro atoms. The maximum absolute atomic E-state index is 12.6. The van der Waals surface area contributed by atoms with Crippen LogP contribution in [0.15, 0.2) is 85.1 Å². The van der Waals surface area contributed by atoms with Crippen molar-refractivity contribution in [1.29, 1.82) is 0 Å². The largest absolute Gasteiger partial charge is 0.423 e. The van der Waals surface area contributed by atoms with Gasteiger partial charge in [-0.2, -0.15) is 0 Å². The Kier molecular flexibility index (Phi) is 4.67. The van der Waals surface area contributed by atoms with Crippen LogP contribution in [0, 0.1) is 6.92 Å². The third kappa shape index (κ3) is 3.72. The molecular weight excluding hydrogens is 334 g/mol. The minimum atomic E-state index is -0.297. The number of rotatable bonds is 4. The van der Waals surface area contributed by atoms with E-state index in [4.69, 9.17) is 4.74 Å². The molecule has 0 saturated heterocycles. The van der Waals surface area contributed by atoms with Crippen molar-refractivity contribution in [2.24, 2.45) is 0 Å². The van der Waals surface area contributed by atoms with Crippen LogP contribution in [0.2, 0.25) is 0 Å². The quantitative estimate of drug-likeness (QED) is 0.464. The van der Waals surface area contributed by atoms with E-state index < -0.39 is 0 Å². The van der Waals surface area contributed by atoms with Gasteiger partial charge < -0.3 is 4.74 Å². The predicted octanol–water partition coefficient (Wildman–Crippen LogP) is 5.36. The van der Waals surface area contributed by atoms with Crippen LogP contribution in [-0.2, 0) is 11.2 Å². The average Bonchev–Trinajstić information content (AvgIpc) is 2.71. The highest BCUT2D eigenvalue weighted by atomic mass is 16.5. The van der Waals surface area contributed by atoms with Crippen LogP contribution in [0.1, 0.15) is 11.1 Å². The summed E-state index contributed by atoms with van der Waals surface area (Å²) in [6.45, 7) is 2.02. The number of fused-ring (bicyclic) bond motifs is 1. The number of benzene rings is 3. The molecule has 0 N–H and O–H groups in total. The number of ether oxygens (including phenoxy) is 1. The summed E-state index contributed by atoms with van der Waals surface area (Å²) in [5, 5.41) is 1.82. The lowest BCUT2D eigenvalue weighted by molar-refractivity contribution is -0.133. The molecule has 0 aliphatic heterocycles. The molecule has 0 atom stereocenters. The molecule has 0 aliphatic carbocycles. The van der Waals surface area contributed by atoms with Gasteiger partial charge in [0.1, 0.15) is 5.69 Å². The Labute approximate surface area is 158 Å². The van der Waals surface area contributed by atoms with Gasteiger partial charge in [0.15, 0.2) is 5.75 Å². The Bertz CT molecular complexity index is 1090. The summed E-state index contributed by atoms with van der Waals surface area (Å²) in [7, 11) is 0. The van der Waals surface area contributed by atoms with Gasteiger partial charge >= 0.3 is 5.97 Å². The number of aromatic nitrogens is 1. The van der Waals surface area contributed by atoms with E-state index in [1.54, 1.807) is 0 Å². The first-order valence-corrected chi connectivity index (χ1v) is 8.90. The third-order valence-electron chi connectivity index (χ3n) is 4.49. The van der Waals surface area contributed by atoms with Crippen molar-refractivity contribution in [2.75, 3.05) is 0 Å². The molecule has 3 aromatic carbocycles. The first kappa shape index (κ1) is 17.0. The number of carbonyl (C=O) groups is 1. The molecule has 1 aromatic heterocycles. The zero-order chi connectivity index (χ0) is 18.6. The Hall–Kier alpha value is -3.46. The van der Waals surface area contributed by atoms with E-state index in [0.29, 0.717) is 11.4 Å². The van der Waals surface area contributed by atoms with Crippen molar-refractivity contribution < 1.29 is 9.53 Å². The summed E-state index contributed by atoms with van der Waals surface area (Å²) < 4.78 is 5.85. The van der Waals surface area contributed by atoms with Crippen molar-refractivity contribution in [1.82, 2.24) is 4.98 Å². The fourth-order valence-electron chi connectivity index (χ4n) is 3.06. The molecule has 0 aliphatic rings. The standard InChI is InChI=1S/C24H19NO2/c1-17-11-13-18(14-12-17)15-22(26)27-24-21-10-6-5-9-20(21)16-25-23(24)19-7-3-2-4-8-19/h2-14,16H,15H2,1H3. The molecule has 132 valence electrons. The second kappa shape index (κ2) is 7.42. The van der Waals surface area contributed by atoms with Crippen molar-refractivity contribution in [3.8, 4) is 17.0 Å². The summed E-state index contributed by atoms with van der Waals surface area (Å²) in [4.78, 5) is 17.2. The molecule has 0 radical (unpaired) electrons. The maximum atomic E-state index is 12.6. The predicted molar refractivity (Wildman–Crippen MR) is 108 cm³/mol. The molecular formula is C24H19NO2. The Morgan fingerprint density at radius 3 is 2.37 bits per heavy atom. The van der Waals surface area contributed by atoms with E-state index in [2.05, 4.69) is 4.98 Å². The van der Waals surface area contributed by atoms with Gasteiger partial charge in [0.2, 0.25) is 0 Å². The van der Waals surface area contributed by atoms with Crippen molar-refractivity contribution in [2.45, 2.75) is 13.3 Å². The molecule has 4 rings (SSSR count). The lowest BCUT2D eigenvalue weighted by Crippen LogP contribution is -2.12. The minimum absolute atomic E-state index is 0.220. The van der Waals surface area contributed by atoms with E-state index in [-0.39, 0.29) is 12.4 Å². The number of pyridine rings is 1. The average molecular weight is 353 g/mol. The van der Waals surface area contributed by atoms with Gasteiger partial charge in [-0.15, -0.1) is 0 Å². The first-order valence-electron chi connectivity index (χ1n) is 8.90. The molecule has 1 heterocycles. The first-order chi connectivity index (χ1) is 13.2. The summed E-state index contributed by atoms with van der Waals surface area (Å²) in [5.41, 5.74) is 3.68. The van der Waals surface area contributed by atoms with Gasteiger partial charge in [-0.1, -0.05) is 84.4 Å². The van der Waals surface area contributed by atoms with Crippen LogP contribution >= 0.6 is 0 Å². The molecule has 3 heteroatoms. The highest BCUT2D eigenvalue weighted by Crippen LogP contribution is 2.35. The topological polar surface area (TPSA) is 39.2 Å². The summed E-state index contributed by atoms with van der Waals surface area (Å²) in [5.74, 6) is 0.214. The third-order valence-corrected chi connectivity index (χ3v) is 4.49. The molecule has 27 heavy (non-hydrogen) atoms. The van der Waals surface area contributed by atoms with Gasteiger partial charge in [-0.05, 0) is 12.5 Å². The van der Waals surface area contributed by atoms with Crippen LogP contribution in [0.3, 0.4) is 0 Å². The summed E-state index contributed by atoms with van der Waals surface area (Å²) in [6.07, 6.45) is 2.03. The number of hydrogen-bond donors (Lipinski definition) is 0. The van der Waals surface area contributed by atoms with E-state index in [0.717, 1.165) is 27.5 Å². The zero-order valence-electron chi connectivity index (χ0n) is 15.1. The maximum Gasteiger partial charge on any atom is 0.315 e. The Balaban J connectivity index is 1.72. The Morgan fingerprint density at radius 1 is 0.889 bits per heavy atom. The fraction of sp³-hybridized carbons (Fsp3) is 0.0833. The molecule has 3 nitrogen and oxygen atoms in total. The SMILES string of the molecule is Cc1ccc(CC(=O)Oc2c(-c3ccccc3)ncc3ccccc23)cc1. The number of nitrogens with zero attached hydrogens (tertiary/aromatic N) is 1. The van der Waals surface area contributed by atoms with Gasteiger partial charge in [-0.25, -0.2) is 0 Å². The lowest BCUT2D eigenvalue weighted by Gasteiger charge is -2.13. The van der Waals surface area contributed by atoms with Crippen molar-refractivity contribution >= 4 is 16.7 Å². The number of carbonyl (C=O) groups excluding carboxylic acids is 1. The second-order valence-corrected chi connectivity index (χ2v) is 6.53. The van der Waals surface area contributed by atoms with Crippen LogP contribution in [0.25, 0.3) is 22.0 Å². The number of esters is 1. The number of aryl methyl sites for hydroxylation is 1. The fourth-order valence-corrected chi connectivity index (χ4v) is 3.06. The zero-order valence-corrected chi connectivity index (χ0v) is 15.1. The normalized spacial score (nSPS) is 10.7. The molecule has 0 saturated carbocycles. The molecule has 0 fully saturated rings. The molecule has 0 amide bonds. The molecule has 0 unspecified atom stereocenters. The van der Waals surface area contributed by atoms with Crippen molar-refractivity contribution in [3.63, 3.8) is 0 Å². The van der Waals surface area contributed by atoms with E-state index in [1.165, 1.54) is 0 Å². The summed E-state index contributed by atoms with van der Waals surface area (Å²) in [6, 6.07) is 25.5. The van der Waals surface area contributed by atoms with Crippen LogP contribution in [0.5, 0.6) is 5.75 Å². The minimum Gasteiger partial charge on any atom is -0.423 e. The van der Waals surface area contributed by atoms with Gasteiger partial charge in [0.25, 0.3) is 0 Å². The van der Waals surface area contributed by atoms with E-state index in [9.17, 15) is 4.79 Å². The lowest BCUT2D eigenvalue weighted by atomic mass is 10.1. The number of hydrogen-bond acceptors (Lipinski definition) is 3. The highest BCUT2D eigenvalue weighted by molar-refractivity contribution is 5.95. The smallest absolute Gasteiger partial charge is 0.315 e. The molecule has 0 bridgehead atoms. The van der Waals surface area contributed by atoms with Crippen molar-refractivity contribution in [3.05, 3.63) is 96.2 Å². The second-order valence-electron chi connectivity index (χ2n) is 6.53. The van der Waals surface area contributed by atoms with Crippen LogP contribution in [-0.4, -0.2) is 11.0 Å². The molecule has 4 aromatic rings. The van der Waals surface area contributed by atoms with Gasteiger partial charge in [0.05, 0.1) is 6.42 Å². The van der Waals surface area contributed by atoms with Crippen LogP contribution in [0.4, 0.5) is 0 Å². The van der Waals surface area contributed by atoms with E-state index >= 15 is 0 Å². The monoisotopic (exact) mass is 353 g/mol. The Morgan fingerprint density at radius 2 is 1.59 bits per heavy atom.